The van der Waals surface area contributed by atoms with Crippen molar-refractivity contribution in [1.29, 1.82) is 0 Å². The minimum Gasteiger partial charge on any atom is -0.383 e. The van der Waals surface area contributed by atoms with Gasteiger partial charge in [0.1, 0.15) is 0 Å². The fourth-order valence-electron chi connectivity index (χ4n) is 1.76. The normalized spacial score (nSPS) is 11.1. The molecule has 2 rings (SSSR count). The van der Waals surface area contributed by atoms with E-state index in [2.05, 4.69) is 32.3 Å². The molecule has 19 heavy (non-hydrogen) atoms. The first kappa shape index (κ1) is 13.8. The fourth-order valence-corrected chi connectivity index (χ4v) is 1.76. The second-order valence-corrected chi connectivity index (χ2v) is 4.32. The molecule has 0 aliphatic rings. The number of hydrogen-bond acceptors (Lipinski definition) is 5. The number of aryl methyl sites for hydroxylation is 1. The maximum Gasteiger partial charge on any atom is 0.226 e. The van der Waals surface area contributed by atoms with Crippen molar-refractivity contribution in [2.75, 3.05) is 20.3 Å². The largest absolute Gasteiger partial charge is 0.383 e. The molecule has 0 amide bonds. The van der Waals surface area contributed by atoms with Crippen LogP contribution >= 0.6 is 0 Å². The zero-order valence-electron chi connectivity index (χ0n) is 11.4. The highest BCUT2D eigenvalue weighted by Gasteiger charge is 2.05. The van der Waals surface area contributed by atoms with Crippen molar-refractivity contribution in [3.8, 4) is 0 Å². The van der Waals surface area contributed by atoms with Crippen LogP contribution in [-0.2, 0) is 24.2 Å². The summed E-state index contributed by atoms with van der Waals surface area (Å²) in [4.78, 5) is 4.29. The zero-order valence-corrected chi connectivity index (χ0v) is 11.4. The molecule has 0 atom stereocenters. The Bertz CT molecular complexity index is 492. The smallest absolute Gasteiger partial charge is 0.226 e. The highest BCUT2D eigenvalue weighted by atomic mass is 16.5. The molecule has 2 aromatic rings. The van der Waals surface area contributed by atoms with Gasteiger partial charge in [-0.25, -0.2) is 0 Å². The summed E-state index contributed by atoms with van der Waals surface area (Å²) in [5, 5.41) is 7.24. The van der Waals surface area contributed by atoms with E-state index in [4.69, 9.17) is 9.26 Å². The van der Waals surface area contributed by atoms with E-state index in [1.807, 2.05) is 13.1 Å². The van der Waals surface area contributed by atoms with E-state index in [0.29, 0.717) is 18.3 Å². The maximum atomic E-state index is 5.08. The molecule has 2 heterocycles. The van der Waals surface area contributed by atoms with Gasteiger partial charge in [-0.05, 0) is 11.6 Å². The summed E-state index contributed by atoms with van der Waals surface area (Å²) in [6.07, 6.45) is 4.88. The first-order valence-corrected chi connectivity index (χ1v) is 6.47. The third-order valence-electron chi connectivity index (χ3n) is 2.76. The van der Waals surface area contributed by atoms with E-state index >= 15 is 0 Å². The fraction of sp³-hybridized carbons (Fsp3) is 0.538. The summed E-state index contributed by atoms with van der Waals surface area (Å²) < 4.78 is 12.1. The van der Waals surface area contributed by atoms with Gasteiger partial charge in [0.25, 0.3) is 0 Å². The quantitative estimate of drug-likeness (QED) is 0.726. The third kappa shape index (κ3) is 4.18. The van der Waals surface area contributed by atoms with Crippen LogP contribution in [0.1, 0.15) is 24.2 Å². The topological polar surface area (TPSA) is 65.1 Å². The van der Waals surface area contributed by atoms with Crippen molar-refractivity contribution in [2.45, 2.75) is 26.4 Å². The Morgan fingerprint density at radius 3 is 3.11 bits per heavy atom. The first-order chi connectivity index (χ1) is 9.31. The van der Waals surface area contributed by atoms with E-state index in [1.165, 1.54) is 5.56 Å². The second kappa shape index (κ2) is 7.06. The second-order valence-electron chi connectivity index (χ2n) is 4.32. The van der Waals surface area contributed by atoms with Crippen LogP contribution in [0.2, 0.25) is 0 Å². The molecular weight excluding hydrogens is 244 g/mol. The lowest BCUT2D eigenvalue weighted by Crippen LogP contribution is -2.18. The Hall–Kier alpha value is -1.66. The Balaban J connectivity index is 1.83. The average molecular weight is 264 g/mol. The van der Waals surface area contributed by atoms with Gasteiger partial charge in [-0.3, -0.25) is 0 Å². The van der Waals surface area contributed by atoms with E-state index in [1.54, 1.807) is 7.11 Å². The number of hydrogen-bond donors (Lipinski definition) is 1. The van der Waals surface area contributed by atoms with E-state index in [0.717, 1.165) is 26.1 Å². The molecular formula is C13H20N4O2. The summed E-state index contributed by atoms with van der Waals surface area (Å²) in [5.41, 5.74) is 1.23. The van der Waals surface area contributed by atoms with Crippen molar-refractivity contribution >= 4 is 0 Å². The number of ether oxygens (including phenoxy) is 1. The summed E-state index contributed by atoms with van der Waals surface area (Å²) in [7, 11) is 1.70. The molecule has 0 aliphatic heterocycles. The monoisotopic (exact) mass is 264 g/mol. The number of rotatable bonds is 8. The van der Waals surface area contributed by atoms with Gasteiger partial charge in [0, 0.05) is 39.0 Å². The summed E-state index contributed by atoms with van der Waals surface area (Å²) in [5.74, 6) is 1.40. The van der Waals surface area contributed by atoms with Gasteiger partial charge >= 0.3 is 0 Å². The molecule has 0 fully saturated rings. The van der Waals surface area contributed by atoms with Gasteiger partial charge in [0.2, 0.25) is 5.89 Å². The molecule has 0 spiro atoms. The molecule has 0 unspecified atom stereocenters. The lowest BCUT2D eigenvalue weighted by Gasteiger charge is -2.01. The van der Waals surface area contributed by atoms with Crippen LogP contribution in [0.4, 0.5) is 0 Å². The Morgan fingerprint density at radius 1 is 1.47 bits per heavy atom. The number of nitrogens with one attached hydrogen (secondary N) is 1. The zero-order chi connectivity index (χ0) is 13.5. The van der Waals surface area contributed by atoms with E-state index in [-0.39, 0.29) is 0 Å². The van der Waals surface area contributed by atoms with Crippen molar-refractivity contribution in [3.63, 3.8) is 0 Å². The molecule has 0 saturated carbocycles. The SMILES string of the molecule is CCc1nc(Cn2ccc(CNCCOC)c2)no1. The predicted molar refractivity (Wildman–Crippen MR) is 70.8 cm³/mol. The highest BCUT2D eigenvalue weighted by molar-refractivity contribution is 5.10. The molecule has 0 aliphatic carbocycles. The number of aromatic nitrogens is 3. The molecule has 0 saturated heterocycles. The van der Waals surface area contributed by atoms with E-state index in [9.17, 15) is 0 Å². The lowest BCUT2D eigenvalue weighted by atomic mass is 10.3. The Kier molecular flexibility index (Phi) is 5.11. The van der Waals surface area contributed by atoms with Gasteiger partial charge in [0.15, 0.2) is 5.82 Å². The van der Waals surface area contributed by atoms with Gasteiger partial charge < -0.3 is 19.1 Å². The standard InChI is InChI=1S/C13H20N4O2/c1-3-13-15-12(16-19-13)10-17-6-4-11(9-17)8-14-5-7-18-2/h4,6,9,14H,3,5,7-8,10H2,1-2H3. The summed E-state index contributed by atoms with van der Waals surface area (Å²) >= 11 is 0. The van der Waals surface area contributed by atoms with Gasteiger partial charge in [-0.1, -0.05) is 12.1 Å². The van der Waals surface area contributed by atoms with Crippen LogP contribution in [0.3, 0.4) is 0 Å². The van der Waals surface area contributed by atoms with Gasteiger partial charge in [-0.2, -0.15) is 4.98 Å². The van der Waals surface area contributed by atoms with Crippen LogP contribution in [-0.4, -0.2) is 35.0 Å². The van der Waals surface area contributed by atoms with Gasteiger partial charge in [0.05, 0.1) is 13.2 Å². The molecule has 2 aromatic heterocycles. The van der Waals surface area contributed by atoms with Crippen LogP contribution in [0.5, 0.6) is 0 Å². The van der Waals surface area contributed by atoms with Crippen LogP contribution in [0, 0.1) is 0 Å². The molecule has 0 radical (unpaired) electrons. The van der Waals surface area contributed by atoms with Crippen molar-refractivity contribution < 1.29 is 9.26 Å². The van der Waals surface area contributed by atoms with Crippen LogP contribution in [0.15, 0.2) is 23.0 Å². The van der Waals surface area contributed by atoms with Crippen molar-refractivity contribution in [3.05, 3.63) is 35.7 Å². The average Bonchev–Trinajstić information content (AvgIpc) is 3.05. The number of nitrogens with zero attached hydrogens (tertiary/aromatic N) is 3. The Labute approximate surface area is 112 Å². The van der Waals surface area contributed by atoms with Crippen molar-refractivity contribution in [2.24, 2.45) is 0 Å². The molecule has 0 aromatic carbocycles. The molecule has 6 heteroatoms. The van der Waals surface area contributed by atoms with Crippen LogP contribution in [0.25, 0.3) is 0 Å². The maximum absolute atomic E-state index is 5.08. The predicted octanol–water partition coefficient (Wildman–Crippen LogP) is 1.22. The van der Waals surface area contributed by atoms with Gasteiger partial charge in [-0.15, -0.1) is 0 Å². The lowest BCUT2D eigenvalue weighted by molar-refractivity contribution is 0.199. The molecule has 104 valence electrons. The van der Waals surface area contributed by atoms with Crippen LogP contribution < -0.4 is 5.32 Å². The molecule has 0 bridgehead atoms. The summed E-state index contributed by atoms with van der Waals surface area (Å²) in [6, 6.07) is 2.08. The highest BCUT2D eigenvalue weighted by Crippen LogP contribution is 2.05. The minimum absolute atomic E-state index is 0.640. The first-order valence-electron chi connectivity index (χ1n) is 6.47. The Morgan fingerprint density at radius 2 is 2.37 bits per heavy atom. The summed E-state index contributed by atoms with van der Waals surface area (Å²) in [6.45, 7) is 5.05. The van der Waals surface area contributed by atoms with E-state index < -0.39 is 0 Å². The number of methoxy groups -OCH3 is 1. The molecule has 6 nitrogen and oxygen atoms in total. The minimum atomic E-state index is 0.640. The van der Waals surface area contributed by atoms with Crippen molar-refractivity contribution in [1.82, 2.24) is 20.0 Å². The third-order valence-corrected chi connectivity index (χ3v) is 2.76. The molecule has 1 N–H and O–H groups in total.